The molecule has 2 aromatic rings. The summed E-state index contributed by atoms with van der Waals surface area (Å²) in [6.07, 6.45) is -0.480. The molecule has 10 heteroatoms. The molecule has 0 bridgehead atoms. The van der Waals surface area contributed by atoms with E-state index in [0.29, 0.717) is 12.8 Å². The number of carbonyl (C=O) groups is 4. The van der Waals surface area contributed by atoms with Crippen LogP contribution >= 0.6 is 0 Å². The van der Waals surface area contributed by atoms with E-state index in [1.807, 2.05) is 48.5 Å². The molecule has 2 aromatic carbocycles. The molecule has 1 heterocycles. The standard InChI is InChI=1S/C28H33N3O7/c1-28(2,3)38-24(32)15-23(25(33)31-14-8-13-22(30-31)26(34)35)29-27(36)37-16-21-19-11-6-4-9-17(19)18-10-5-7-12-20(18)21/h4-7,9-12,21-23,30H,8,13-16H2,1-3H3,(H,29,36)(H,34,35)/t22-,23-/m0/s1. The molecule has 1 aliphatic carbocycles. The van der Waals surface area contributed by atoms with Crippen LogP contribution in [0.15, 0.2) is 48.5 Å². The monoisotopic (exact) mass is 523 g/mol. The van der Waals surface area contributed by atoms with E-state index in [9.17, 15) is 24.3 Å². The summed E-state index contributed by atoms with van der Waals surface area (Å²) in [5.74, 6) is -2.58. The molecule has 0 unspecified atom stereocenters. The number of rotatable bonds is 7. The number of nitrogens with one attached hydrogen (secondary N) is 2. The van der Waals surface area contributed by atoms with Crippen molar-refractivity contribution < 1.29 is 33.8 Å². The number of carbonyl (C=O) groups excluding carboxylic acids is 3. The van der Waals surface area contributed by atoms with Crippen molar-refractivity contribution in [2.45, 2.75) is 63.6 Å². The molecule has 10 nitrogen and oxygen atoms in total. The summed E-state index contributed by atoms with van der Waals surface area (Å²) in [6.45, 7) is 5.37. The van der Waals surface area contributed by atoms with Gasteiger partial charge in [0.15, 0.2) is 0 Å². The Morgan fingerprint density at radius 1 is 1.05 bits per heavy atom. The average molecular weight is 524 g/mol. The largest absolute Gasteiger partial charge is 0.480 e. The van der Waals surface area contributed by atoms with Crippen LogP contribution in [0, 0.1) is 0 Å². The molecule has 202 valence electrons. The van der Waals surface area contributed by atoms with Crippen LogP contribution in [0.3, 0.4) is 0 Å². The van der Waals surface area contributed by atoms with Crippen LogP contribution in [0.25, 0.3) is 11.1 Å². The number of nitrogens with zero attached hydrogens (tertiary/aromatic N) is 1. The van der Waals surface area contributed by atoms with Gasteiger partial charge in [-0.05, 0) is 55.9 Å². The molecule has 0 spiro atoms. The highest BCUT2D eigenvalue weighted by Crippen LogP contribution is 2.44. The van der Waals surface area contributed by atoms with Gasteiger partial charge in [-0.2, -0.15) is 0 Å². The molecule has 0 radical (unpaired) electrons. The minimum absolute atomic E-state index is 0.0380. The zero-order valence-electron chi connectivity index (χ0n) is 21.7. The summed E-state index contributed by atoms with van der Waals surface area (Å²) in [5.41, 5.74) is 6.13. The first-order valence-electron chi connectivity index (χ1n) is 12.7. The number of fused-ring (bicyclic) bond motifs is 3. The van der Waals surface area contributed by atoms with Crippen molar-refractivity contribution in [3.8, 4) is 11.1 Å². The second-order valence-corrected chi connectivity index (χ2v) is 10.5. The van der Waals surface area contributed by atoms with Gasteiger partial charge in [0.1, 0.15) is 24.3 Å². The first-order valence-corrected chi connectivity index (χ1v) is 12.7. The minimum atomic E-state index is -1.31. The summed E-state index contributed by atoms with van der Waals surface area (Å²) in [5, 5.41) is 13.0. The van der Waals surface area contributed by atoms with Gasteiger partial charge >= 0.3 is 18.0 Å². The fraction of sp³-hybridized carbons (Fsp3) is 0.429. The van der Waals surface area contributed by atoms with Crippen molar-refractivity contribution in [2.24, 2.45) is 0 Å². The third-order valence-corrected chi connectivity index (χ3v) is 6.47. The number of hydrogen-bond acceptors (Lipinski definition) is 7. The van der Waals surface area contributed by atoms with Crippen LogP contribution < -0.4 is 10.7 Å². The van der Waals surface area contributed by atoms with E-state index in [1.54, 1.807) is 20.8 Å². The SMILES string of the molecule is CC(C)(C)OC(=O)C[C@H](NC(=O)OCC1c2ccccc2-c2ccccc21)C(=O)N1CCC[C@@H](C(=O)O)N1. The summed E-state index contributed by atoms with van der Waals surface area (Å²) >= 11 is 0. The molecule has 4 rings (SSSR count). The number of hydrazine groups is 1. The van der Waals surface area contributed by atoms with Gasteiger partial charge in [0, 0.05) is 12.5 Å². The highest BCUT2D eigenvalue weighted by molar-refractivity contribution is 5.90. The molecule has 0 saturated carbocycles. The maximum Gasteiger partial charge on any atom is 0.407 e. The normalized spacial score (nSPS) is 17.7. The molecular formula is C28H33N3O7. The number of hydrogen-bond donors (Lipinski definition) is 3. The van der Waals surface area contributed by atoms with Crippen molar-refractivity contribution in [3.63, 3.8) is 0 Å². The summed E-state index contributed by atoms with van der Waals surface area (Å²) in [7, 11) is 0. The van der Waals surface area contributed by atoms with E-state index >= 15 is 0 Å². The number of carboxylic acids is 1. The van der Waals surface area contributed by atoms with Gasteiger partial charge in [-0.15, -0.1) is 0 Å². The Labute approximate surface area is 221 Å². The summed E-state index contributed by atoms with van der Waals surface area (Å²) < 4.78 is 10.9. The Morgan fingerprint density at radius 3 is 2.24 bits per heavy atom. The van der Waals surface area contributed by atoms with E-state index in [2.05, 4.69) is 10.7 Å². The first-order chi connectivity index (χ1) is 18.0. The number of carboxylic acid groups (broad SMARTS) is 1. The van der Waals surface area contributed by atoms with Gasteiger partial charge in [0.2, 0.25) is 0 Å². The Balaban J connectivity index is 1.46. The number of benzene rings is 2. The average Bonchev–Trinajstić information content (AvgIpc) is 3.19. The zero-order chi connectivity index (χ0) is 27.4. The lowest BCUT2D eigenvalue weighted by Crippen LogP contribution is -2.60. The summed E-state index contributed by atoms with van der Waals surface area (Å²) in [6, 6.07) is 13.6. The van der Waals surface area contributed by atoms with Crippen LogP contribution in [0.4, 0.5) is 4.79 Å². The van der Waals surface area contributed by atoms with Crippen LogP contribution in [0.2, 0.25) is 0 Å². The third-order valence-electron chi connectivity index (χ3n) is 6.47. The molecule has 1 aliphatic heterocycles. The molecule has 2 amide bonds. The number of esters is 1. The Bertz CT molecular complexity index is 1180. The number of amides is 2. The Morgan fingerprint density at radius 2 is 1.66 bits per heavy atom. The highest BCUT2D eigenvalue weighted by Gasteiger charge is 2.35. The van der Waals surface area contributed by atoms with Gasteiger partial charge in [-0.25, -0.2) is 10.2 Å². The number of alkyl carbamates (subject to hydrolysis) is 1. The summed E-state index contributed by atoms with van der Waals surface area (Å²) in [4.78, 5) is 50.2. The highest BCUT2D eigenvalue weighted by atomic mass is 16.6. The van der Waals surface area contributed by atoms with Gasteiger partial charge < -0.3 is 19.9 Å². The lowest BCUT2D eigenvalue weighted by atomic mass is 9.98. The van der Waals surface area contributed by atoms with Gasteiger partial charge in [-0.3, -0.25) is 19.4 Å². The molecule has 1 fully saturated rings. The fourth-order valence-corrected chi connectivity index (χ4v) is 4.84. The smallest absolute Gasteiger partial charge is 0.407 e. The topological polar surface area (TPSA) is 134 Å². The number of ether oxygens (including phenoxy) is 2. The van der Waals surface area contributed by atoms with E-state index in [-0.39, 0.29) is 19.1 Å². The first kappa shape index (κ1) is 27.1. The van der Waals surface area contributed by atoms with Crippen LogP contribution in [-0.4, -0.2) is 64.9 Å². The van der Waals surface area contributed by atoms with Crippen molar-refractivity contribution in [3.05, 3.63) is 59.7 Å². The Hall–Kier alpha value is -3.92. The third kappa shape index (κ3) is 6.31. The molecule has 2 aliphatic rings. The number of aliphatic carboxylic acids is 1. The van der Waals surface area contributed by atoms with E-state index in [1.165, 1.54) is 0 Å². The molecule has 38 heavy (non-hydrogen) atoms. The van der Waals surface area contributed by atoms with Crippen LogP contribution in [0.5, 0.6) is 0 Å². The van der Waals surface area contributed by atoms with Crippen LogP contribution in [-0.2, 0) is 23.9 Å². The lowest BCUT2D eigenvalue weighted by molar-refractivity contribution is -0.158. The van der Waals surface area contributed by atoms with Crippen molar-refractivity contribution in [2.75, 3.05) is 13.2 Å². The molecule has 2 atom stereocenters. The van der Waals surface area contributed by atoms with E-state index < -0.39 is 48.0 Å². The van der Waals surface area contributed by atoms with Crippen molar-refractivity contribution in [1.82, 2.24) is 15.8 Å². The molecular weight excluding hydrogens is 490 g/mol. The Kier molecular flexibility index (Phi) is 8.01. The molecule has 0 aromatic heterocycles. The van der Waals surface area contributed by atoms with Crippen molar-refractivity contribution >= 4 is 23.9 Å². The van der Waals surface area contributed by atoms with Crippen LogP contribution in [0.1, 0.15) is 57.1 Å². The quantitative estimate of drug-likeness (QED) is 0.471. The predicted octanol–water partition coefficient (Wildman–Crippen LogP) is 3.21. The van der Waals surface area contributed by atoms with Gasteiger partial charge in [0.25, 0.3) is 5.91 Å². The predicted molar refractivity (Wildman–Crippen MR) is 138 cm³/mol. The second-order valence-electron chi connectivity index (χ2n) is 10.5. The van der Waals surface area contributed by atoms with E-state index in [0.717, 1.165) is 27.3 Å². The second kappa shape index (κ2) is 11.2. The van der Waals surface area contributed by atoms with Gasteiger partial charge in [0.05, 0.1) is 6.42 Å². The maximum atomic E-state index is 13.3. The molecule has 3 N–H and O–H groups in total. The lowest BCUT2D eigenvalue weighted by Gasteiger charge is -2.34. The zero-order valence-corrected chi connectivity index (χ0v) is 21.7. The van der Waals surface area contributed by atoms with E-state index in [4.69, 9.17) is 9.47 Å². The fourth-order valence-electron chi connectivity index (χ4n) is 4.84. The van der Waals surface area contributed by atoms with Crippen molar-refractivity contribution in [1.29, 1.82) is 0 Å². The molecule has 1 saturated heterocycles. The van der Waals surface area contributed by atoms with Gasteiger partial charge in [-0.1, -0.05) is 48.5 Å². The maximum absolute atomic E-state index is 13.3. The minimum Gasteiger partial charge on any atom is -0.480 e.